The van der Waals surface area contributed by atoms with Crippen molar-refractivity contribution in [1.82, 2.24) is 0 Å². The van der Waals surface area contributed by atoms with E-state index in [1.54, 1.807) is 25.3 Å². The van der Waals surface area contributed by atoms with Crippen molar-refractivity contribution in [2.45, 2.75) is 29.7 Å². The lowest BCUT2D eigenvalue weighted by Gasteiger charge is -2.13. The van der Waals surface area contributed by atoms with Crippen molar-refractivity contribution in [2.75, 3.05) is 6.61 Å². The van der Waals surface area contributed by atoms with Crippen molar-refractivity contribution in [3.05, 3.63) is 41.8 Å². The van der Waals surface area contributed by atoms with Gasteiger partial charge in [-0.1, -0.05) is 37.3 Å². The number of thiophene rings is 1. The van der Waals surface area contributed by atoms with Crippen molar-refractivity contribution < 1.29 is 17.9 Å². The summed E-state index contributed by atoms with van der Waals surface area (Å²) >= 11 is 1.19. The fourth-order valence-corrected chi connectivity index (χ4v) is 4.87. The van der Waals surface area contributed by atoms with Gasteiger partial charge in [0.2, 0.25) is 0 Å². The Hall–Kier alpha value is -1.66. The summed E-state index contributed by atoms with van der Waals surface area (Å²) in [6, 6.07) is 11.2. The molecule has 1 atom stereocenters. The second kappa shape index (κ2) is 7.07. The largest absolute Gasteiger partial charge is 0.464 e. The van der Waals surface area contributed by atoms with Gasteiger partial charge in [-0.15, -0.1) is 11.3 Å². The van der Waals surface area contributed by atoms with Crippen LogP contribution >= 0.6 is 11.3 Å². The van der Waals surface area contributed by atoms with Crippen LogP contribution in [-0.4, -0.2) is 26.2 Å². The third-order valence-corrected chi connectivity index (χ3v) is 6.89. The van der Waals surface area contributed by atoms with Gasteiger partial charge in [0.25, 0.3) is 0 Å². The topological polar surface area (TPSA) is 60.4 Å². The smallest absolute Gasteiger partial charge is 0.305 e. The third-order valence-electron chi connectivity index (χ3n) is 3.27. The van der Waals surface area contributed by atoms with E-state index in [1.807, 2.05) is 30.3 Å². The Kier molecular flexibility index (Phi) is 5.37. The number of hydrogen-bond acceptors (Lipinski definition) is 5. The van der Waals surface area contributed by atoms with E-state index in [9.17, 15) is 13.2 Å². The van der Waals surface area contributed by atoms with E-state index in [-0.39, 0.29) is 13.0 Å². The Balaban J connectivity index is 2.28. The number of sulfone groups is 1. The molecule has 2 aromatic rings. The maximum absolute atomic E-state index is 12.7. The molecule has 0 aliphatic rings. The first-order valence-electron chi connectivity index (χ1n) is 6.99. The molecule has 1 heterocycles. The summed E-state index contributed by atoms with van der Waals surface area (Å²) < 4.78 is 30.7. The number of esters is 1. The Morgan fingerprint density at radius 2 is 1.91 bits per heavy atom. The summed E-state index contributed by atoms with van der Waals surface area (Å²) in [5.41, 5.74) is 1.55. The summed E-state index contributed by atoms with van der Waals surface area (Å²) in [7, 11) is -3.54. The van der Waals surface area contributed by atoms with Crippen molar-refractivity contribution in [2.24, 2.45) is 0 Å². The van der Waals surface area contributed by atoms with Gasteiger partial charge in [-0.05, 0) is 23.9 Å². The highest BCUT2D eigenvalue weighted by molar-refractivity contribution is 7.94. The molecule has 0 spiro atoms. The maximum atomic E-state index is 12.7. The normalized spacial score (nSPS) is 12.8. The van der Waals surface area contributed by atoms with Gasteiger partial charge in [-0.3, -0.25) is 4.79 Å². The minimum Gasteiger partial charge on any atom is -0.464 e. The number of ether oxygens (including phenoxy) is 1. The average molecular weight is 338 g/mol. The van der Waals surface area contributed by atoms with Crippen LogP contribution in [0.25, 0.3) is 11.1 Å². The molecule has 6 heteroatoms. The van der Waals surface area contributed by atoms with Crippen LogP contribution in [0.1, 0.15) is 20.3 Å². The summed E-state index contributed by atoms with van der Waals surface area (Å²) in [5, 5.41) is 0.990. The number of benzene rings is 1. The number of carbonyl (C=O) groups is 1. The van der Waals surface area contributed by atoms with Gasteiger partial charge in [0.15, 0.2) is 9.84 Å². The van der Waals surface area contributed by atoms with Gasteiger partial charge in [0.05, 0.1) is 5.25 Å². The first-order valence-corrected chi connectivity index (χ1v) is 9.41. The van der Waals surface area contributed by atoms with E-state index in [2.05, 4.69) is 0 Å². The van der Waals surface area contributed by atoms with Gasteiger partial charge in [-0.25, -0.2) is 8.42 Å². The molecule has 0 N–H and O–H groups in total. The molecule has 0 fully saturated rings. The highest BCUT2D eigenvalue weighted by atomic mass is 32.2. The monoisotopic (exact) mass is 338 g/mol. The lowest BCUT2D eigenvalue weighted by atomic mass is 10.1. The molecule has 0 amide bonds. The summed E-state index contributed by atoms with van der Waals surface area (Å²) in [5.74, 6) is -0.392. The molecule has 1 unspecified atom stereocenters. The molecule has 0 aliphatic heterocycles. The van der Waals surface area contributed by atoms with Gasteiger partial charge in [0.1, 0.15) is 10.8 Å². The second-order valence-corrected chi connectivity index (χ2v) is 8.36. The molecule has 0 bridgehead atoms. The molecule has 2 rings (SSSR count). The van der Waals surface area contributed by atoms with Crippen molar-refractivity contribution >= 4 is 27.1 Å². The van der Waals surface area contributed by atoms with E-state index >= 15 is 0 Å². The molecule has 0 radical (unpaired) electrons. The van der Waals surface area contributed by atoms with Crippen LogP contribution in [0.4, 0.5) is 0 Å². The third kappa shape index (κ3) is 3.56. The fraction of sp³-hybridized carbons (Fsp3) is 0.312. The highest BCUT2D eigenvalue weighted by Gasteiger charge is 2.28. The van der Waals surface area contributed by atoms with Crippen LogP contribution in [0.3, 0.4) is 0 Å². The predicted octanol–water partition coefficient (Wildman–Crippen LogP) is 3.53. The number of hydrogen-bond donors (Lipinski definition) is 0. The van der Waals surface area contributed by atoms with E-state index < -0.39 is 21.1 Å². The molecule has 118 valence electrons. The standard InChI is InChI=1S/C16H18O4S2/c1-3-15(17)20-11-12(2)22(18,19)16-14(9-10-21-16)13-7-5-4-6-8-13/h4-10,12H,3,11H2,1-2H3. The van der Waals surface area contributed by atoms with E-state index in [1.165, 1.54) is 11.3 Å². The van der Waals surface area contributed by atoms with Crippen LogP contribution in [-0.2, 0) is 19.4 Å². The highest BCUT2D eigenvalue weighted by Crippen LogP contribution is 2.34. The number of carbonyl (C=O) groups excluding carboxylic acids is 1. The maximum Gasteiger partial charge on any atom is 0.305 e. The molecule has 22 heavy (non-hydrogen) atoms. The van der Waals surface area contributed by atoms with Crippen LogP contribution in [0, 0.1) is 0 Å². The molecule has 0 aliphatic carbocycles. The van der Waals surface area contributed by atoms with Crippen LogP contribution in [0.2, 0.25) is 0 Å². The van der Waals surface area contributed by atoms with Gasteiger partial charge in [0, 0.05) is 12.0 Å². The van der Waals surface area contributed by atoms with Crippen molar-refractivity contribution in [1.29, 1.82) is 0 Å². The van der Waals surface area contributed by atoms with Gasteiger partial charge < -0.3 is 4.74 Å². The summed E-state index contributed by atoms with van der Waals surface area (Å²) in [4.78, 5) is 11.2. The molecule has 4 nitrogen and oxygen atoms in total. The fourth-order valence-electron chi connectivity index (χ4n) is 1.93. The Labute approximate surface area is 134 Å². The second-order valence-electron chi connectivity index (χ2n) is 4.88. The average Bonchev–Trinajstić information content (AvgIpc) is 3.03. The molecule has 1 aromatic carbocycles. The van der Waals surface area contributed by atoms with Gasteiger partial charge >= 0.3 is 5.97 Å². The zero-order valence-corrected chi connectivity index (χ0v) is 14.1. The minimum absolute atomic E-state index is 0.124. The Morgan fingerprint density at radius 3 is 2.55 bits per heavy atom. The van der Waals surface area contributed by atoms with Crippen LogP contribution < -0.4 is 0 Å². The predicted molar refractivity (Wildman–Crippen MR) is 87.7 cm³/mol. The van der Waals surface area contributed by atoms with Crippen molar-refractivity contribution in [3.63, 3.8) is 0 Å². The molecular weight excluding hydrogens is 320 g/mol. The van der Waals surface area contributed by atoms with Crippen LogP contribution in [0.5, 0.6) is 0 Å². The van der Waals surface area contributed by atoms with E-state index in [4.69, 9.17) is 4.74 Å². The van der Waals surface area contributed by atoms with Gasteiger partial charge in [-0.2, -0.15) is 0 Å². The summed E-state index contributed by atoms with van der Waals surface area (Å²) in [6.45, 7) is 3.11. The zero-order chi connectivity index (χ0) is 16.2. The minimum atomic E-state index is -3.54. The first kappa shape index (κ1) is 16.7. The lowest BCUT2D eigenvalue weighted by molar-refractivity contribution is -0.143. The van der Waals surface area contributed by atoms with E-state index in [0.717, 1.165) is 5.56 Å². The Bertz CT molecular complexity index is 733. The lowest BCUT2D eigenvalue weighted by Crippen LogP contribution is -2.24. The first-order chi connectivity index (χ1) is 10.5. The molecule has 0 saturated heterocycles. The number of rotatable bonds is 6. The van der Waals surface area contributed by atoms with E-state index in [0.29, 0.717) is 9.77 Å². The molecule has 0 saturated carbocycles. The van der Waals surface area contributed by atoms with Crippen LogP contribution in [0.15, 0.2) is 46.0 Å². The Morgan fingerprint density at radius 1 is 1.23 bits per heavy atom. The molecule has 1 aromatic heterocycles. The quantitative estimate of drug-likeness (QED) is 0.756. The zero-order valence-electron chi connectivity index (χ0n) is 12.5. The molecular formula is C16H18O4S2. The SMILES string of the molecule is CCC(=O)OCC(C)S(=O)(=O)c1sccc1-c1ccccc1. The van der Waals surface area contributed by atoms with Crippen molar-refractivity contribution in [3.8, 4) is 11.1 Å². The summed E-state index contributed by atoms with van der Waals surface area (Å²) in [6.07, 6.45) is 0.237.